The Bertz CT molecular complexity index is 132. The Balaban J connectivity index is 4.11. The van der Waals surface area contributed by atoms with E-state index in [1.54, 1.807) is 0 Å². The summed E-state index contributed by atoms with van der Waals surface area (Å²) in [6, 6.07) is 0. The van der Waals surface area contributed by atoms with Gasteiger partial charge in [-0.2, -0.15) is 0 Å². The maximum atomic E-state index is 11.3. The van der Waals surface area contributed by atoms with Gasteiger partial charge >= 0.3 is 0 Å². The highest BCUT2D eigenvalue weighted by Crippen LogP contribution is 2.45. The van der Waals surface area contributed by atoms with Crippen LogP contribution in [0.1, 0.15) is 13.8 Å². The van der Waals surface area contributed by atoms with Crippen molar-refractivity contribution in [3.05, 3.63) is 12.1 Å². The zero-order valence-electron chi connectivity index (χ0n) is 5.87. The van der Waals surface area contributed by atoms with Crippen molar-refractivity contribution in [3.8, 4) is 0 Å². The maximum absolute atomic E-state index is 11.3. The normalized spacial score (nSPS) is 12.7. The van der Waals surface area contributed by atoms with Gasteiger partial charge in [0.1, 0.15) is 7.14 Å². The summed E-state index contributed by atoms with van der Waals surface area (Å²) in [7, 11) is -2.11. The number of aliphatic hydroxyl groups excluding tert-OH is 1. The third kappa shape index (κ3) is 2.71. The minimum absolute atomic E-state index is 0.639. The van der Waals surface area contributed by atoms with Gasteiger partial charge in [0.15, 0.2) is 0 Å². The Morgan fingerprint density at radius 2 is 1.89 bits per heavy atom. The van der Waals surface area contributed by atoms with E-state index in [1.807, 2.05) is 13.8 Å². The van der Waals surface area contributed by atoms with Gasteiger partial charge in [0.05, 0.1) is 6.26 Å². The monoisotopic (exact) mass is 148 g/mol. The molecule has 0 aliphatic heterocycles. The lowest BCUT2D eigenvalue weighted by Gasteiger charge is -2.05. The quantitative estimate of drug-likeness (QED) is 0.493. The fraction of sp³-hybridized carbons (Fsp3) is 0.667. The Labute approximate surface area is 56.0 Å². The third-order valence-electron chi connectivity index (χ3n) is 1.41. The first-order chi connectivity index (χ1) is 4.18. The summed E-state index contributed by atoms with van der Waals surface area (Å²) in [4.78, 5) is 0. The van der Waals surface area contributed by atoms with Crippen LogP contribution in [0.2, 0.25) is 0 Å². The number of aliphatic hydroxyl groups is 1. The summed E-state index contributed by atoms with van der Waals surface area (Å²) in [5.74, 6) is 1.41. The highest BCUT2D eigenvalue weighted by Gasteiger charge is 2.10. The van der Waals surface area contributed by atoms with Crippen LogP contribution in [-0.4, -0.2) is 17.4 Å². The minimum atomic E-state index is -2.11. The van der Waals surface area contributed by atoms with Crippen LogP contribution in [0, 0.1) is 0 Å². The summed E-state index contributed by atoms with van der Waals surface area (Å²) < 4.78 is 11.3. The zero-order valence-corrected chi connectivity index (χ0v) is 6.77. The second kappa shape index (κ2) is 3.73. The lowest BCUT2D eigenvalue weighted by molar-refractivity contribution is 0.474. The number of rotatable bonds is 3. The molecule has 0 radical (unpaired) electrons. The number of hydrogen-bond acceptors (Lipinski definition) is 2. The van der Waals surface area contributed by atoms with Crippen LogP contribution >= 0.6 is 7.14 Å². The molecule has 0 rings (SSSR count). The fourth-order valence-corrected chi connectivity index (χ4v) is 1.67. The largest absolute Gasteiger partial charge is 0.515 e. The Kier molecular flexibility index (Phi) is 3.64. The van der Waals surface area contributed by atoms with Crippen molar-refractivity contribution >= 4 is 7.14 Å². The molecule has 0 aliphatic rings. The second-order valence-electron chi connectivity index (χ2n) is 1.88. The predicted molar refractivity (Wildman–Crippen MR) is 40.5 cm³/mol. The van der Waals surface area contributed by atoms with E-state index >= 15 is 0 Å². The van der Waals surface area contributed by atoms with E-state index in [2.05, 4.69) is 0 Å². The molecule has 9 heavy (non-hydrogen) atoms. The van der Waals surface area contributed by atoms with E-state index in [-0.39, 0.29) is 0 Å². The molecule has 0 bridgehead atoms. The van der Waals surface area contributed by atoms with Crippen LogP contribution in [0.5, 0.6) is 0 Å². The van der Waals surface area contributed by atoms with E-state index < -0.39 is 7.14 Å². The van der Waals surface area contributed by atoms with Gasteiger partial charge in [0, 0.05) is 18.1 Å². The highest BCUT2D eigenvalue weighted by atomic mass is 31.2. The predicted octanol–water partition coefficient (Wildman–Crippen LogP) is 2.42. The SMILES string of the molecule is CCP(=O)(/C=C/O)CC. The average molecular weight is 148 g/mol. The zero-order chi connectivity index (χ0) is 7.33. The first kappa shape index (κ1) is 8.77. The standard InChI is InChI=1S/C6H13O2P/c1-3-9(8,4-2)6-5-7/h5-7H,3-4H2,1-2H3/b6-5+. The van der Waals surface area contributed by atoms with Crippen molar-refractivity contribution in [1.82, 2.24) is 0 Å². The first-order valence-electron chi connectivity index (χ1n) is 3.08. The smallest absolute Gasteiger partial charge is 0.111 e. The molecule has 0 aliphatic carbocycles. The molecular formula is C6H13O2P. The van der Waals surface area contributed by atoms with E-state index in [0.29, 0.717) is 12.3 Å². The molecule has 0 fully saturated rings. The lowest BCUT2D eigenvalue weighted by atomic mass is 11.0. The van der Waals surface area contributed by atoms with Gasteiger partial charge in [-0.15, -0.1) is 0 Å². The van der Waals surface area contributed by atoms with E-state index in [4.69, 9.17) is 5.11 Å². The third-order valence-corrected chi connectivity index (χ3v) is 4.23. The first-order valence-corrected chi connectivity index (χ1v) is 5.23. The molecule has 0 aromatic rings. The van der Waals surface area contributed by atoms with Crippen molar-refractivity contribution in [2.24, 2.45) is 0 Å². The number of hydrogen-bond donors (Lipinski definition) is 1. The van der Waals surface area contributed by atoms with Crippen molar-refractivity contribution in [3.63, 3.8) is 0 Å². The molecule has 0 unspecified atom stereocenters. The minimum Gasteiger partial charge on any atom is -0.515 e. The Morgan fingerprint density at radius 1 is 1.44 bits per heavy atom. The molecule has 0 heterocycles. The molecule has 0 atom stereocenters. The summed E-state index contributed by atoms with van der Waals surface area (Å²) in [5, 5.41) is 8.31. The van der Waals surface area contributed by atoms with Gasteiger partial charge in [0.2, 0.25) is 0 Å². The van der Waals surface area contributed by atoms with Crippen molar-refractivity contribution < 1.29 is 9.67 Å². The molecule has 3 heteroatoms. The molecule has 2 nitrogen and oxygen atoms in total. The average Bonchev–Trinajstić information content (AvgIpc) is 1.89. The van der Waals surface area contributed by atoms with Crippen molar-refractivity contribution in [1.29, 1.82) is 0 Å². The van der Waals surface area contributed by atoms with Crippen molar-refractivity contribution in [2.75, 3.05) is 12.3 Å². The molecule has 0 saturated carbocycles. The van der Waals surface area contributed by atoms with Crippen LogP contribution < -0.4 is 0 Å². The second-order valence-corrected chi connectivity index (χ2v) is 5.35. The molecule has 0 aromatic carbocycles. The summed E-state index contributed by atoms with van der Waals surface area (Å²) in [5.41, 5.74) is 0. The summed E-state index contributed by atoms with van der Waals surface area (Å²) in [6.45, 7) is 3.73. The van der Waals surface area contributed by atoms with Gasteiger partial charge in [-0.05, 0) is 0 Å². The van der Waals surface area contributed by atoms with Crippen LogP contribution in [-0.2, 0) is 4.57 Å². The van der Waals surface area contributed by atoms with E-state index in [1.165, 1.54) is 5.82 Å². The van der Waals surface area contributed by atoms with Crippen LogP contribution in [0.25, 0.3) is 0 Å². The molecule has 0 aromatic heterocycles. The molecule has 1 N–H and O–H groups in total. The molecule has 54 valence electrons. The summed E-state index contributed by atoms with van der Waals surface area (Å²) >= 11 is 0. The molecule has 0 amide bonds. The van der Waals surface area contributed by atoms with Crippen LogP contribution in [0.15, 0.2) is 12.1 Å². The maximum Gasteiger partial charge on any atom is 0.111 e. The van der Waals surface area contributed by atoms with Gasteiger partial charge in [-0.1, -0.05) is 13.8 Å². The van der Waals surface area contributed by atoms with Gasteiger partial charge in [-0.25, -0.2) is 0 Å². The Morgan fingerprint density at radius 3 is 2.00 bits per heavy atom. The highest BCUT2D eigenvalue weighted by molar-refractivity contribution is 7.66. The molecule has 0 spiro atoms. The van der Waals surface area contributed by atoms with Crippen LogP contribution in [0.3, 0.4) is 0 Å². The van der Waals surface area contributed by atoms with Gasteiger partial charge < -0.3 is 9.67 Å². The fourth-order valence-electron chi connectivity index (χ4n) is 0.556. The van der Waals surface area contributed by atoms with E-state index in [9.17, 15) is 4.57 Å². The van der Waals surface area contributed by atoms with E-state index in [0.717, 1.165) is 6.26 Å². The summed E-state index contributed by atoms with van der Waals surface area (Å²) in [6.07, 6.45) is 2.16. The van der Waals surface area contributed by atoms with Gasteiger partial charge in [-0.3, -0.25) is 0 Å². The van der Waals surface area contributed by atoms with Gasteiger partial charge in [0.25, 0.3) is 0 Å². The lowest BCUT2D eigenvalue weighted by Crippen LogP contribution is -1.83. The van der Waals surface area contributed by atoms with Crippen LogP contribution in [0.4, 0.5) is 0 Å². The van der Waals surface area contributed by atoms with Crippen molar-refractivity contribution in [2.45, 2.75) is 13.8 Å². The molecule has 0 saturated heterocycles. The Hall–Kier alpha value is -0.230. The topological polar surface area (TPSA) is 37.3 Å². The molecular weight excluding hydrogens is 135 g/mol.